The first kappa shape index (κ1) is 13.0. The maximum Gasteiger partial charge on any atom is 0.143 e. The summed E-state index contributed by atoms with van der Waals surface area (Å²) in [5.74, 6) is 0.955. The number of hydrogen-bond acceptors (Lipinski definition) is 2. The Bertz CT molecular complexity index is 570. The maximum absolute atomic E-state index is 5.50. The number of aromatic nitrogens is 1. The smallest absolute Gasteiger partial charge is 0.143 e. The molecule has 0 saturated heterocycles. The lowest BCUT2D eigenvalue weighted by molar-refractivity contribution is 0.417. The van der Waals surface area contributed by atoms with Gasteiger partial charge in [0.25, 0.3) is 0 Å². The van der Waals surface area contributed by atoms with Crippen molar-refractivity contribution in [1.82, 2.24) is 9.88 Å². The molecule has 1 N–H and O–H groups in total. The molecule has 0 spiro atoms. The lowest BCUT2D eigenvalue weighted by Gasteiger charge is -2.08. The van der Waals surface area contributed by atoms with Crippen molar-refractivity contribution >= 4 is 10.9 Å². The molecule has 2 rings (SSSR count). The van der Waals surface area contributed by atoms with E-state index < -0.39 is 0 Å². The summed E-state index contributed by atoms with van der Waals surface area (Å²) in [5, 5.41) is 4.55. The second kappa shape index (κ2) is 5.02. The van der Waals surface area contributed by atoms with E-state index in [-0.39, 0.29) is 0 Å². The number of nitrogens with one attached hydrogen (secondary N) is 1. The highest BCUT2D eigenvalue weighted by atomic mass is 16.5. The molecule has 3 nitrogen and oxygen atoms in total. The molecule has 0 radical (unpaired) electrons. The van der Waals surface area contributed by atoms with E-state index in [1.807, 2.05) is 7.05 Å². The third kappa shape index (κ3) is 1.89. The molecule has 18 heavy (non-hydrogen) atoms. The number of likely N-dealkylation sites (N-methyl/N-ethyl adjacent to an activating group) is 1. The number of benzene rings is 1. The second-order valence-corrected chi connectivity index (χ2v) is 4.79. The largest absolute Gasteiger partial charge is 0.495 e. The van der Waals surface area contributed by atoms with E-state index in [4.69, 9.17) is 4.74 Å². The van der Waals surface area contributed by atoms with Gasteiger partial charge in [0.1, 0.15) is 5.75 Å². The summed E-state index contributed by atoms with van der Waals surface area (Å²) in [7, 11) is 5.85. The van der Waals surface area contributed by atoms with Crippen molar-refractivity contribution in [2.75, 3.05) is 20.7 Å². The molecule has 1 heterocycles. The van der Waals surface area contributed by atoms with Gasteiger partial charge in [0.15, 0.2) is 0 Å². The molecule has 1 aromatic carbocycles. The van der Waals surface area contributed by atoms with Crippen LogP contribution in [-0.2, 0) is 13.5 Å². The predicted molar refractivity (Wildman–Crippen MR) is 76.6 cm³/mol. The van der Waals surface area contributed by atoms with Gasteiger partial charge in [0.05, 0.1) is 12.6 Å². The molecule has 98 valence electrons. The normalized spacial score (nSPS) is 11.2. The Kier molecular flexibility index (Phi) is 3.62. The van der Waals surface area contributed by atoms with Gasteiger partial charge in [-0.25, -0.2) is 0 Å². The highest BCUT2D eigenvalue weighted by Crippen LogP contribution is 2.34. The van der Waals surface area contributed by atoms with Crippen molar-refractivity contribution in [3.63, 3.8) is 0 Å². The zero-order valence-corrected chi connectivity index (χ0v) is 11.9. The molecule has 0 atom stereocenters. The van der Waals surface area contributed by atoms with Gasteiger partial charge < -0.3 is 14.6 Å². The Morgan fingerprint density at radius 3 is 2.61 bits per heavy atom. The van der Waals surface area contributed by atoms with Crippen LogP contribution in [0.4, 0.5) is 0 Å². The Hall–Kier alpha value is -1.48. The molecule has 0 aliphatic rings. The van der Waals surface area contributed by atoms with Crippen LogP contribution in [0.2, 0.25) is 0 Å². The second-order valence-electron chi connectivity index (χ2n) is 4.79. The van der Waals surface area contributed by atoms with E-state index >= 15 is 0 Å². The van der Waals surface area contributed by atoms with Crippen LogP contribution in [0.25, 0.3) is 10.9 Å². The minimum atomic E-state index is 0.955. The maximum atomic E-state index is 5.50. The van der Waals surface area contributed by atoms with E-state index in [1.54, 1.807) is 7.11 Å². The Morgan fingerprint density at radius 1 is 1.28 bits per heavy atom. The Labute approximate surface area is 109 Å². The van der Waals surface area contributed by atoms with Crippen LogP contribution in [0.5, 0.6) is 5.75 Å². The van der Waals surface area contributed by atoms with Crippen molar-refractivity contribution < 1.29 is 4.74 Å². The Balaban J connectivity index is 2.71. The zero-order valence-electron chi connectivity index (χ0n) is 11.9. The number of ether oxygens (including phenoxy) is 1. The van der Waals surface area contributed by atoms with Crippen LogP contribution < -0.4 is 10.1 Å². The number of hydrogen-bond donors (Lipinski definition) is 1. The minimum absolute atomic E-state index is 0.955. The van der Waals surface area contributed by atoms with Crippen molar-refractivity contribution in [2.24, 2.45) is 7.05 Å². The summed E-state index contributed by atoms with van der Waals surface area (Å²) in [6.45, 7) is 5.36. The summed E-state index contributed by atoms with van der Waals surface area (Å²) >= 11 is 0. The zero-order chi connectivity index (χ0) is 13.3. The third-order valence-electron chi connectivity index (χ3n) is 3.73. The van der Waals surface area contributed by atoms with Gasteiger partial charge in [-0.15, -0.1) is 0 Å². The lowest BCUT2D eigenvalue weighted by Crippen LogP contribution is -2.13. The topological polar surface area (TPSA) is 26.2 Å². The van der Waals surface area contributed by atoms with E-state index in [9.17, 15) is 0 Å². The summed E-state index contributed by atoms with van der Waals surface area (Å²) < 4.78 is 7.77. The highest BCUT2D eigenvalue weighted by Gasteiger charge is 2.16. The van der Waals surface area contributed by atoms with E-state index in [2.05, 4.69) is 42.9 Å². The molecule has 2 aromatic rings. The van der Waals surface area contributed by atoms with Crippen LogP contribution in [0, 0.1) is 13.8 Å². The highest BCUT2D eigenvalue weighted by molar-refractivity contribution is 5.93. The molecule has 0 bridgehead atoms. The van der Waals surface area contributed by atoms with Crippen molar-refractivity contribution in [1.29, 1.82) is 0 Å². The van der Waals surface area contributed by atoms with Crippen LogP contribution in [0.1, 0.15) is 16.8 Å². The molecule has 0 aliphatic heterocycles. The molecular formula is C15H22N2O. The summed E-state index contributed by atoms with van der Waals surface area (Å²) in [6, 6.07) is 4.19. The van der Waals surface area contributed by atoms with Crippen LogP contribution >= 0.6 is 0 Å². The fraction of sp³-hybridized carbons (Fsp3) is 0.467. The summed E-state index contributed by atoms with van der Waals surface area (Å²) in [4.78, 5) is 0. The van der Waals surface area contributed by atoms with Gasteiger partial charge in [-0.1, -0.05) is 6.07 Å². The van der Waals surface area contributed by atoms with Gasteiger partial charge >= 0.3 is 0 Å². The van der Waals surface area contributed by atoms with Crippen LogP contribution in [0.15, 0.2) is 12.1 Å². The van der Waals surface area contributed by atoms with Crippen LogP contribution in [-0.4, -0.2) is 25.3 Å². The molecule has 0 fully saturated rings. The van der Waals surface area contributed by atoms with E-state index in [0.717, 1.165) is 18.7 Å². The molecule has 0 amide bonds. The first-order valence-electron chi connectivity index (χ1n) is 6.37. The molecular weight excluding hydrogens is 224 g/mol. The average Bonchev–Trinajstić information content (AvgIpc) is 2.62. The quantitative estimate of drug-likeness (QED) is 0.897. The first-order chi connectivity index (χ1) is 8.61. The van der Waals surface area contributed by atoms with Crippen molar-refractivity contribution in [2.45, 2.75) is 20.3 Å². The monoisotopic (exact) mass is 246 g/mol. The molecule has 3 heteroatoms. The number of aryl methyl sites for hydroxylation is 3. The summed E-state index contributed by atoms with van der Waals surface area (Å²) in [5.41, 5.74) is 5.28. The minimum Gasteiger partial charge on any atom is -0.495 e. The number of nitrogens with zero attached hydrogens (tertiary/aromatic N) is 1. The van der Waals surface area contributed by atoms with Gasteiger partial charge in [-0.2, -0.15) is 0 Å². The molecule has 0 saturated carbocycles. The fourth-order valence-electron chi connectivity index (χ4n) is 2.77. The van der Waals surface area contributed by atoms with Gasteiger partial charge in [-0.05, 0) is 38.1 Å². The molecule has 0 aliphatic carbocycles. The van der Waals surface area contributed by atoms with E-state index in [1.165, 1.54) is 27.7 Å². The van der Waals surface area contributed by atoms with E-state index in [0.29, 0.717) is 0 Å². The molecule has 1 aromatic heterocycles. The lowest BCUT2D eigenvalue weighted by atomic mass is 10.1. The average molecular weight is 246 g/mol. The molecule has 0 unspecified atom stereocenters. The fourth-order valence-corrected chi connectivity index (χ4v) is 2.77. The summed E-state index contributed by atoms with van der Waals surface area (Å²) in [6.07, 6.45) is 1.04. The predicted octanol–water partition coefficient (Wildman–Crippen LogP) is 2.57. The van der Waals surface area contributed by atoms with Gasteiger partial charge in [0, 0.05) is 31.1 Å². The standard InChI is InChI=1S/C15H22N2O/c1-10-6-7-13(18-5)15-14(10)11(2)12(17(15)4)8-9-16-3/h6-7,16H,8-9H2,1-5H3. The van der Waals surface area contributed by atoms with Gasteiger partial charge in [0.2, 0.25) is 0 Å². The SMILES string of the molecule is CNCCc1c(C)c2c(C)ccc(OC)c2n1C. The Morgan fingerprint density at radius 2 is 2.00 bits per heavy atom. The van der Waals surface area contributed by atoms with Crippen LogP contribution in [0.3, 0.4) is 0 Å². The van der Waals surface area contributed by atoms with Crippen molar-refractivity contribution in [3.8, 4) is 5.75 Å². The number of fused-ring (bicyclic) bond motifs is 1. The van der Waals surface area contributed by atoms with Crippen molar-refractivity contribution in [3.05, 3.63) is 29.0 Å². The third-order valence-corrected chi connectivity index (χ3v) is 3.73. The number of methoxy groups -OCH3 is 1. The first-order valence-corrected chi connectivity index (χ1v) is 6.37. The number of rotatable bonds is 4. The van der Waals surface area contributed by atoms with Gasteiger partial charge in [-0.3, -0.25) is 0 Å².